The number of rotatable bonds is 3. The average molecular weight is 297 g/mol. The fourth-order valence-corrected chi connectivity index (χ4v) is 1.98. The molecule has 0 aliphatic carbocycles. The third-order valence-corrected chi connectivity index (χ3v) is 2.99. The molecule has 0 aliphatic rings. The van der Waals surface area contributed by atoms with Gasteiger partial charge in [0.15, 0.2) is 0 Å². The van der Waals surface area contributed by atoms with Gasteiger partial charge in [-0.2, -0.15) is 0 Å². The van der Waals surface area contributed by atoms with Gasteiger partial charge < -0.3 is 10.4 Å². The van der Waals surface area contributed by atoms with E-state index < -0.39 is 5.97 Å². The van der Waals surface area contributed by atoms with E-state index in [0.717, 1.165) is 5.56 Å². The Kier molecular flexibility index (Phi) is 3.93. The van der Waals surface area contributed by atoms with Crippen molar-refractivity contribution in [3.8, 4) is 0 Å². The van der Waals surface area contributed by atoms with Crippen LogP contribution in [0.25, 0.3) is 0 Å². The Hall–Kier alpha value is -1.78. The van der Waals surface area contributed by atoms with Crippen molar-refractivity contribution < 1.29 is 9.90 Å². The lowest BCUT2D eigenvalue weighted by Crippen LogP contribution is -2.05. The van der Waals surface area contributed by atoms with E-state index in [1.165, 1.54) is 12.1 Å². The topological polar surface area (TPSA) is 62.2 Å². The van der Waals surface area contributed by atoms with Crippen molar-refractivity contribution in [3.05, 3.63) is 51.6 Å². The summed E-state index contributed by atoms with van der Waals surface area (Å²) in [5, 5.41) is 12.7. The second kappa shape index (κ2) is 5.47. The molecule has 0 saturated carbocycles. The lowest BCUT2D eigenvalue weighted by molar-refractivity contribution is 0.0697. The highest BCUT2D eigenvalue weighted by Crippen LogP contribution is 2.27. The first-order chi connectivity index (χ1) is 8.97. The van der Waals surface area contributed by atoms with Gasteiger partial charge in [0.05, 0.1) is 10.7 Å². The molecule has 0 amide bonds. The number of benzene rings is 1. The summed E-state index contributed by atoms with van der Waals surface area (Å²) in [5.74, 6) is -0.930. The highest BCUT2D eigenvalue weighted by molar-refractivity contribution is 6.33. The van der Waals surface area contributed by atoms with Crippen molar-refractivity contribution >= 4 is 40.7 Å². The Morgan fingerprint density at radius 2 is 2.00 bits per heavy atom. The van der Waals surface area contributed by atoms with Gasteiger partial charge in [-0.1, -0.05) is 29.3 Å². The summed E-state index contributed by atoms with van der Waals surface area (Å²) in [7, 11) is 0. The maximum atomic E-state index is 11.1. The summed E-state index contributed by atoms with van der Waals surface area (Å²) in [5.41, 5.74) is 1.61. The van der Waals surface area contributed by atoms with Crippen molar-refractivity contribution in [2.24, 2.45) is 0 Å². The van der Waals surface area contributed by atoms with Crippen LogP contribution < -0.4 is 5.32 Å². The fraction of sp³-hybridized carbons (Fsp3) is 0.0769. The molecule has 1 aromatic heterocycles. The van der Waals surface area contributed by atoms with E-state index in [0.29, 0.717) is 10.7 Å². The third-order valence-electron chi connectivity index (χ3n) is 2.47. The first-order valence-corrected chi connectivity index (χ1v) is 6.16. The Balaban J connectivity index is 2.42. The number of nitrogens with zero attached hydrogens (tertiary/aromatic N) is 1. The summed E-state index contributed by atoms with van der Waals surface area (Å²) >= 11 is 11.9. The van der Waals surface area contributed by atoms with Gasteiger partial charge in [-0.3, -0.25) is 0 Å². The molecule has 0 atom stereocenters. The number of nitrogens with one attached hydrogen (secondary N) is 1. The molecule has 2 rings (SSSR count). The Morgan fingerprint density at radius 3 is 2.63 bits per heavy atom. The number of aryl methyl sites for hydroxylation is 1. The minimum absolute atomic E-state index is 0.0287. The van der Waals surface area contributed by atoms with E-state index in [2.05, 4.69) is 10.3 Å². The first-order valence-electron chi connectivity index (χ1n) is 5.40. The van der Waals surface area contributed by atoms with E-state index in [-0.39, 0.29) is 16.5 Å². The summed E-state index contributed by atoms with van der Waals surface area (Å²) < 4.78 is 0. The normalized spacial score (nSPS) is 10.3. The van der Waals surface area contributed by atoms with Crippen LogP contribution in [0.15, 0.2) is 30.3 Å². The van der Waals surface area contributed by atoms with Crippen LogP contribution in [-0.2, 0) is 0 Å². The zero-order valence-corrected chi connectivity index (χ0v) is 11.5. The number of carboxylic acid groups (broad SMARTS) is 1. The molecule has 19 heavy (non-hydrogen) atoms. The van der Waals surface area contributed by atoms with Crippen molar-refractivity contribution in [1.29, 1.82) is 0 Å². The molecule has 1 heterocycles. The van der Waals surface area contributed by atoms with Gasteiger partial charge in [-0.15, -0.1) is 0 Å². The number of hydrogen-bond acceptors (Lipinski definition) is 3. The van der Waals surface area contributed by atoms with Crippen LogP contribution in [-0.4, -0.2) is 16.1 Å². The fourth-order valence-electron chi connectivity index (χ4n) is 1.55. The summed E-state index contributed by atoms with van der Waals surface area (Å²) in [6.45, 7) is 1.91. The molecule has 1 aromatic carbocycles. The standard InChI is InChI=1S/C13H10Cl2N2O2/c1-7-2-4-10(9(14)6-7)16-12-8(13(18)19)3-5-11(15)17-12/h2-6H,1H3,(H,16,17)(H,18,19). The van der Waals surface area contributed by atoms with Crippen LogP contribution in [0.5, 0.6) is 0 Å². The maximum Gasteiger partial charge on any atom is 0.339 e. The van der Waals surface area contributed by atoms with E-state index in [1.54, 1.807) is 12.1 Å². The molecule has 0 aliphatic heterocycles. The quantitative estimate of drug-likeness (QED) is 0.836. The summed E-state index contributed by atoms with van der Waals surface area (Å²) in [6.07, 6.45) is 0. The van der Waals surface area contributed by atoms with Crippen LogP contribution in [0.4, 0.5) is 11.5 Å². The molecule has 98 valence electrons. The Bertz CT molecular complexity index is 645. The molecule has 4 nitrogen and oxygen atoms in total. The van der Waals surface area contributed by atoms with Crippen molar-refractivity contribution in [2.75, 3.05) is 5.32 Å². The van der Waals surface area contributed by atoms with E-state index in [4.69, 9.17) is 28.3 Å². The molecule has 6 heteroatoms. The number of halogens is 2. The van der Waals surface area contributed by atoms with E-state index in [9.17, 15) is 4.79 Å². The van der Waals surface area contributed by atoms with Crippen molar-refractivity contribution in [1.82, 2.24) is 4.98 Å². The average Bonchev–Trinajstić information content (AvgIpc) is 2.32. The molecule has 2 aromatic rings. The number of carbonyl (C=O) groups is 1. The number of aromatic carboxylic acids is 1. The predicted octanol–water partition coefficient (Wildman–Crippen LogP) is 4.14. The molecule has 0 spiro atoms. The monoisotopic (exact) mass is 296 g/mol. The van der Waals surface area contributed by atoms with E-state index in [1.807, 2.05) is 13.0 Å². The van der Waals surface area contributed by atoms with Gasteiger partial charge in [0.2, 0.25) is 0 Å². The number of hydrogen-bond donors (Lipinski definition) is 2. The van der Waals surface area contributed by atoms with Crippen LogP contribution in [0.1, 0.15) is 15.9 Å². The van der Waals surface area contributed by atoms with Gasteiger partial charge in [0.1, 0.15) is 16.5 Å². The molecule has 0 radical (unpaired) electrons. The zero-order chi connectivity index (χ0) is 14.0. The second-order valence-electron chi connectivity index (χ2n) is 3.94. The minimum Gasteiger partial charge on any atom is -0.478 e. The van der Waals surface area contributed by atoms with Crippen LogP contribution >= 0.6 is 23.2 Å². The van der Waals surface area contributed by atoms with Crippen molar-refractivity contribution in [2.45, 2.75) is 6.92 Å². The molecule has 0 saturated heterocycles. The van der Waals surface area contributed by atoms with Crippen LogP contribution in [0.3, 0.4) is 0 Å². The van der Waals surface area contributed by atoms with Gasteiger partial charge in [0, 0.05) is 0 Å². The van der Waals surface area contributed by atoms with Crippen molar-refractivity contribution in [3.63, 3.8) is 0 Å². The SMILES string of the molecule is Cc1ccc(Nc2nc(Cl)ccc2C(=O)O)c(Cl)c1. The molecular formula is C13H10Cl2N2O2. The first kappa shape index (κ1) is 13.6. The zero-order valence-electron chi connectivity index (χ0n) is 9.95. The predicted molar refractivity (Wildman–Crippen MR) is 75.7 cm³/mol. The largest absolute Gasteiger partial charge is 0.478 e. The second-order valence-corrected chi connectivity index (χ2v) is 4.74. The molecule has 0 fully saturated rings. The number of carboxylic acids is 1. The lowest BCUT2D eigenvalue weighted by atomic mass is 10.2. The Labute approximate surface area is 120 Å². The Morgan fingerprint density at radius 1 is 1.26 bits per heavy atom. The molecular weight excluding hydrogens is 287 g/mol. The number of pyridine rings is 1. The van der Waals surface area contributed by atoms with Gasteiger partial charge >= 0.3 is 5.97 Å². The lowest BCUT2D eigenvalue weighted by Gasteiger charge is -2.10. The summed E-state index contributed by atoms with van der Waals surface area (Å²) in [6, 6.07) is 8.20. The molecule has 0 unspecified atom stereocenters. The van der Waals surface area contributed by atoms with Crippen LogP contribution in [0, 0.1) is 6.92 Å². The van der Waals surface area contributed by atoms with E-state index >= 15 is 0 Å². The summed E-state index contributed by atoms with van der Waals surface area (Å²) in [4.78, 5) is 15.1. The maximum absolute atomic E-state index is 11.1. The van der Waals surface area contributed by atoms with Gasteiger partial charge in [-0.05, 0) is 36.8 Å². The smallest absolute Gasteiger partial charge is 0.339 e. The number of anilines is 2. The third kappa shape index (κ3) is 3.16. The van der Waals surface area contributed by atoms with Gasteiger partial charge in [-0.25, -0.2) is 9.78 Å². The highest BCUT2D eigenvalue weighted by atomic mass is 35.5. The molecule has 0 bridgehead atoms. The highest BCUT2D eigenvalue weighted by Gasteiger charge is 2.13. The van der Waals surface area contributed by atoms with Gasteiger partial charge in [0.25, 0.3) is 0 Å². The number of aromatic nitrogens is 1. The van der Waals surface area contributed by atoms with Crippen LogP contribution in [0.2, 0.25) is 10.2 Å². The minimum atomic E-state index is -1.09. The molecule has 2 N–H and O–H groups in total.